The summed E-state index contributed by atoms with van der Waals surface area (Å²) in [7, 11) is 0. The molecular formula is C36H47IO4. The molecule has 11 atom stereocenters. The standard InChI is InChI=1S/C18H23IO2.C18H24O2/c1-18-7-6-13-12-5-3-11(20)8-10(12)2-4-14(13)17(18)15(19)9-16(18)21;1-18-9-8-14-13-5-3-12(19)10-11(13)2-4-15(14)16(18)6-7-17(18)20/h3,5,8,13-17,20-21H,2,4,6-7,9H2,1H3;3,5,10,14-17,19-20H,2,4,6-9H2,1H3/t13-,14-,15?,16?,17-,18-;14-,15-,16+,17?,18+/m11/s1. The van der Waals surface area contributed by atoms with Crippen molar-refractivity contribution in [1.29, 1.82) is 0 Å². The molecule has 2 aromatic carbocycles. The number of hydrogen-bond acceptors (Lipinski definition) is 4. The van der Waals surface area contributed by atoms with Gasteiger partial charge in [-0.3, -0.25) is 0 Å². The molecule has 0 heterocycles. The smallest absolute Gasteiger partial charge is 0.115 e. The van der Waals surface area contributed by atoms with Crippen LogP contribution in [0.25, 0.3) is 0 Å². The predicted molar refractivity (Wildman–Crippen MR) is 171 cm³/mol. The molecule has 2 aromatic rings. The predicted octanol–water partition coefficient (Wildman–Crippen LogP) is 7.63. The fraction of sp³-hybridized carbons (Fsp3) is 0.667. The number of halogens is 1. The van der Waals surface area contributed by atoms with Crippen LogP contribution in [0.2, 0.25) is 0 Å². The Labute approximate surface area is 259 Å². The van der Waals surface area contributed by atoms with Crippen molar-refractivity contribution in [1.82, 2.24) is 0 Å². The Balaban J connectivity index is 0.000000135. The van der Waals surface area contributed by atoms with E-state index in [1.807, 2.05) is 24.3 Å². The highest BCUT2D eigenvalue weighted by Crippen LogP contribution is 2.63. The van der Waals surface area contributed by atoms with Crippen molar-refractivity contribution < 1.29 is 20.4 Å². The molecule has 0 spiro atoms. The minimum absolute atomic E-state index is 0.0883. The second-order valence-electron chi connectivity index (χ2n) is 15.0. The van der Waals surface area contributed by atoms with Gasteiger partial charge < -0.3 is 20.4 Å². The van der Waals surface area contributed by atoms with Crippen LogP contribution in [-0.4, -0.2) is 36.6 Å². The van der Waals surface area contributed by atoms with Gasteiger partial charge >= 0.3 is 0 Å². The van der Waals surface area contributed by atoms with Crippen molar-refractivity contribution in [2.45, 2.75) is 112 Å². The molecule has 0 amide bonds. The van der Waals surface area contributed by atoms with Gasteiger partial charge in [0.1, 0.15) is 11.5 Å². The molecule has 6 aliphatic carbocycles. The molecule has 0 bridgehead atoms. The van der Waals surface area contributed by atoms with Gasteiger partial charge in [0, 0.05) is 3.92 Å². The molecule has 4 N–H and O–H groups in total. The number of fused-ring (bicyclic) bond motifs is 10. The lowest BCUT2D eigenvalue weighted by Crippen LogP contribution is -2.45. The third-order valence-corrected chi connectivity index (χ3v) is 14.5. The van der Waals surface area contributed by atoms with E-state index >= 15 is 0 Å². The number of rotatable bonds is 0. The van der Waals surface area contributed by atoms with Crippen molar-refractivity contribution in [3.8, 4) is 11.5 Å². The number of hydrogen-bond donors (Lipinski definition) is 4. The van der Waals surface area contributed by atoms with Crippen LogP contribution >= 0.6 is 22.6 Å². The van der Waals surface area contributed by atoms with E-state index in [1.165, 1.54) is 54.4 Å². The van der Waals surface area contributed by atoms with Crippen molar-refractivity contribution in [2.24, 2.45) is 34.5 Å². The first kappa shape index (κ1) is 28.5. The Kier molecular flexibility index (Phi) is 7.22. The maximum atomic E-state index is 10.5. The highest BCUT2D eigenvalue weighted by atomic mass is 127. The zero-order valence-electron chi connectivity index (χ0n) is 24.6. The number of aliphatic hydroxyl groups is 2. The number of aliphatic hydroxyl groups excluding tert-OH is 2. The van der Waals surface area contributed by atoms with Gasteiger partial charge in [0.2, 0.25) is 0 Å². The molecule has 4 fully saturated rings. The fourth-order valence-electron chi connectivity index (χ4n) is 11.1. The molecule has 8 rings (SSSR count). The topological polar surface area (TPSA) is 80.9 Å². The number of phenolic OH excluding ortho intramolecular Hbond substituents is 2. The van der Waals surface area contributed by atoms with Gasteiger partial charge in [0.25, 0.3) is 0 Å². The van der Waals surface area contributed by atoms with Crippen LogP contribution in [0.15, 0.2) is 36.4 Å². The van der Waals surface area contributed by atoms with Crippen molar-refractivity contribution in [2.75, 3.05) is 0 Å². The Morgan fingerprint density at radius 3 is 1.88 bits per heavy atom. The minimum Gasteiger partial charge on any atom is -0.508 e. The van der Waals surface area contributed by atoms with E-state index in [0.717, 1.165) is 44.4 Å². The Morgan fingerprint density at radius 1 is 0.683 bits per heavy atom. The maximum Gasteiger partial charge on any atom is 0.115 e. The largest absolute Gasteiger partial charge is 0.508 e. The lowest BCUT2D eigenvalue weighted by atomic mass is 9.55. The van der Waals surface area contributed by atoms with Gasteiger partial charge in [0.15, 0.2) is 0 Å². The Bertz CT molecular complexity index is 1310. The summed E-state index contributed by atoms with van der Waals surface area (Å²) in [5.74, 6) is 4.88. The van der Waals surface area contributed by atoms with Gasteiger partial charge in [-0.1, -0.05) is 48.6 Å². The highest BCUT2D eigenvalue weighted by Gasteiger charge is 2.58. The average Bonchev–Trinajstić information content (AvgIpc) is 3.38. The highest BCUT2D eigenvalue weighted by molar-refractivity contribution is 14.1. The zero-order chi connectivity index (χ0) is 28.7. The molecule has 3 unspecified atom stereocenters. The molecule has 0 aliphatic heterocycles. The first-order valence-corrected chi connectivity index (χ1v) is 17.5. The summed E-state index contributed by atoms with van der Waals surface area (Å²) in [4.78, 5) is 0. The lowest BCUT2D eigenvalue weighted by Gasteiger charge is -2.50. The number of aromatic hydroxyl groups is 2. The molecule has 4 nitrogen and oxygen atoms in total. The third-order valence-electron chi connectivity index (χ3n) is 13.3. The summed E-state index contributed by atoms with van der Waals surface area (Å²) in [5.41, 5.74) is 5.94. The van der Waals surface area contributed by atoms with Gasteiger partial charge in [-0.15, -0.1) is 0 Å². The van der Waals surface area contributed by atoms with Crippen molar-refractivity contribution >= 4 is 22.6 Å². The molecule has 5 heteroatoms. The summed E-state index contributed by atoms with van der Waals surface area (Å²) in [6.07, 6.45) is 12.3. The van der Waals surface area contributed by atoms with Crippen LogP contribution in [0.5, 0.6) is 11.5 Å². The molecule has 41 heavy (non-hydrogen) atoms. The van der Waals surface area contributed by atoms with Crippen molar-refractivity contribution in [3.63, 3.8) is 0 Å². The number of alkyl halides is 1. The molecule has 6 aliphatic rings. The fourth-order valence-corrected chi connectivity index (χ4v) is 12.9. The number of phenols is 2. The van der Waals surface area contributed by atoms with E-state index in [2.05, 4.69) is 48.6 Å². The number of benzene rings is 2. The third kappa shape index (κ3) is 4.49. The van der Waals surface area contributed by atoms with Gasteiger partial charge in [-0.25, -0.2) is 0 Å². The lowest BCUT2D eigenvalue weighted by molar-refractivity contribution is -0.0226. The van der Waals surface area contributed by atoms with Gasteiger partial charge in [-0.2, -0.15) is 0 Å². The van der Waals surface area contributed by atoms with Crippen molar-refractivity contribution in [3.05, 3.63) is 58.7 Å². The summed E-state index contributed by atoms with van der Waals surface area (Å²) in [5, 5.41) is 40.3. The summed E-state index contributed by atoms with van der Waals surface area (Å²) in [6.45, 7) is 4.64. The van der Waals surface area contributed by atoms with Crippen LogP contribution in [-0.2, 0) is 12.8 Å². The van der Waals surface area contributed by atoms with E-state index in [9.17, 15) is 20.4 Å². The second-order valence-corrected chi connectivity index (χ2v) is 16.6. The van der Waals surface area contributed by atoms with Gasteiger partial charge in [0.05, 0.1) is 12.2 Å². The van der Waals surface area contributed by atoms with Crippen LogP contribution < -0.4 is 0 Å². The molecule has 4 saturated carbocycles. The van der Waals surface area contributed by atoms with E-state index < -0.39 is 0 Å². The Hall–Kier alpha value is -1.31. The first-order valence-electron chi connectivity index (χ1n) is 16.2. The SMILES string of the molecule is C[C@]12CC[C@@H]3c4ccc(O)cc4CC[C@H]3[C@@H]1C(I)CC2O.C[C@]12CC[C@@H]3c4ccc(O)cc4CC[C@H]3[C@@H]1CCC2O. The summed E-state index contributed by atoms with van der Waals surface area (Å²) in [6, 6.07) is 11.9. The van der Waals surface area contributed by atoms with Crippen LogP contribution in [0, 0.1) is 34.5 Å². The zero-order valence-corrected chi connectivity index (χ0v) is 26.8. The summed E-state index contributed by atoms with van der Waals surface area (Å²) >= 11 is 2.59. The molecule has 222 valence electrons. The maximum absolute atomic E-state index is 10.5. The molecular weight excluding hydrogens is 623 g/mol. The quantitative estimate of drug-likeness (QED) is 0.172. The van der Waals surface area contributed by atoms with E-state index in [1.54, 1.807) is 0 Å². The van der Waals surface area contributed by atoms with Gasteiger partial charge in [-0.05, 0) is 163 Å². The molecule has 0 radical (unpaired) electrons. The first-order chi connectivity index (χ1) is 19.6. The summed E-state index contributed by atoms with van der Waals surface area (Å²) < 4.78 is 0.606. The van der Waals surface area contributed by atoms with Crippen LogP contribution in [0.4, 0.5) is 0 Å². The Morgan fingerprint density at radius 2 is 1.24 bits per heavy atom. The van der Waals surface area contributed by atoms with E-state index in [-0.39, 0.29) is 23.0 Å². The van der Waals surface area contributed by atoms with E-state index in [0.29, 0.717) is 45.0 Å². The monoisotopic (exact) mass is 670 g/mol. The number of aryl methyl sites for hydroxylation is 2. The van der Waals surface area contributed by atoms with Crippen LogP contribution in [0.3, 0.4) is 0 Å². The minimum atomic E-state index is -0.119. The molecule has 0 saturated heterocycles. The normalized spacial score (nSPS) is 43.8. The van der Waals surface area contributed by atoms with Crippen LogP contribution in [0.1, 0.15) is 106 Å². The average molecular weight is 671 g/mol. The molecule has 0 aromatic heterocycles. The van der Waals surface area contributed by atoms with E-state index in [4.69, 9.17) is 0 Å². The second kappa shape index (κ2) is 10.4.